The second-order valence-electron chi connectivity index (χ2n) is 3.77. The van der Waals surface area contributed by atoms with Crippen molar-refractivity contribution >= 4 is 33.6 Å². The minimum atomic E-state index is -0.315. The lowest BCUT2D eigenvalue weighted by Crippen LogP contribution is -2.29. The number of benzene rings is 1. The van der Waals surface area contributed by atoms with E-state index in [9.17, 15) is 4.79 Å². The number of aromatic nitrogens is 3. The molecule has 0 aliphatic heterocycles. The van der Waals surface area contributed by atoms with Gasteiger partial charge in [0, 0.05) is 15.8 Å². The number of thioether (sulfide) groups is 1. The maximum absolute atomic E-state index is 11.4. The van der Waals surface area contributed by atoms with E-state index in [1.54, 1.807) is 12.1 Å². The van der Waals surface area contributed by atoms with Crippen LogP contribution in [0.25, 0.3) is 0 Å². The molecule has 0 aliphatic carbocycles. The zero-order valence-corrected chi connectivity index (χ0v) is 12.5. The number of hydrogen-bond acceptors (Lipinski definition) is 5. The van der Waals surface area contributed by atoms with Crippen LogP contribution in [-0.2, 0) is 5.75 Å². The summed E-state index contributed by atoms with van der Waals surface area (Å²) in [5.41, 5.74) is 3.67. The van der Waals surface area contributed by atoms with Crippen molar-refractivity contribution in [1.82, 2.24) is 20.6 Å². The van der Waals surface area contributed by atoms with E-state index in [-0.39, 0.29) is 5.91 Å². The summed E-state index contributed by atoms with van der Waals surface area (Å²) in [5.74, 6) is 6.27. The molecule has 8 heteroatoms. The third-order valence-electron chi connectivity index (χ3n) is 2.38. The number of amides is 1. The number of hydrazine groups is 1. The summed E-state index contributed by atoms with van der Waals surface area (Å²) < 4.78 is 0.855. The molecule has 0 unspecified atom stereocenters. The fraction of sp³-hybridized carbons (Fsp3) is 0.182. The van der Waals surface area contributed by atoms with Crippen molar-refractivity contribution in [2.45, 2.75) is 17.8 Å². The van der Waals surface area contributed by atoms with E-state index in [4.69, 9.17) is 5.84 Å². The molecule has 0 saturated heterocycles. The highest BCUT2D eigenvalue weighted by Gasteiger charge is 2.08. The molecule has 0 saturated carbocycles. The van der Waals surface area contributed by atoms with Crippen LogP contribution in [0.2, 0.25) is 0 Å². The third kappa shape index (κ3) is 3.55. The number of aryl methyl sites for hydroxylation is 1. The molecular weight excluding hydrogens is 330 g/mol. The quantitative estimate of drug-likeness (QED) is 0.341. The highest BCUT2D eigenvalue weighted by molar-refractivity contribution is 9.10. The molecule has 100 valence electrons. The molecule has 0 atom stereocenters. The number of rotatable bonds is 4. The lowest BCUT2D eigenvalue weighted by atomic mass is 10.1. The number of hydrogen-bond donors (Lipinski definition) is 3. The Kier molecular flexibility index (Phi) is 4.56. The Labute approximate surface area is 122 Å². The van der Waals surface area contributed by atoms with Gasteiger partial charge in [-0.25, -0.2) is 10.8 Å². The van der Waals surface area contributed by atoms with Crippen molar-refractivity contribution in [1.29, 1.82) is 0 Å². The van der Waals surface area contributed by atoms with E-state index in [2.05, 4.69) is 36.5 Å². The molecule has 0 spiro atoms. The normalized spacial score (nSPS) is 10.5. The number of nitrogen functional groups attached to an aromatic ring is 1. The number of nitrogens with zero attached hydrogens (tertiary/aromatic N) is 2. The van der Waals surface area contributed by atoms with Crippen molar-refractivity contribution < 1.29 is 4.79 Å². The molecule has 0 bridgehead atoms. The van der Waals surface area contributed by atoms with Crippen LogP contribution in [0.5, 0.6) is 0 Å². The molecule has 4 N–H and O–H groups in total. The molecule has 6 nitrogen and oxygen atoms in total. The van der Waals surface area contributed by atoms with Crippen LogP contribution < -0.4 is 11.3 Å². The van der Waals surface area contributed by atoms with E-state index >= 15 is 0 Å². The summed E-state index contributed by atoms with van der Waals surface area (Å²) in [6, 6.07) is 5.34. The monoisotopic (exact) mass is 341 g/mol. The van der Waals surface area contributed by atoms with Crippen LogP contribution in [0.4, 0.5) is 0 Å². The van der Waals surface area contributed by atoms with Gasteiger partial charge in [-0.3, -0.25) is 15.3 Å². The second-order valence-corrected chi connectivity index (χ2v) is 5.57. The average molecular weight is 342 g/mol. The van der Waals surface area contributed by atoms with Gasteiger partial charge >= 0.3 is 0 Å². The van der Waals surface area contributed by atoms with E-state index in [0.717, 1.165) is 15.9 Å². The predicted octanol–water partition coefficient (Wildman–Crippen LogP) is 1.77. The highest BCUT2D eigenvalue weighted by Crippen LogP contribution is 2.25. The Morgan fingerprint density at radius 1 is 1.58 bits per heavy atom. The summed E-state index contributed by atoms with van der Waals surface area (Å²) >= 11 is 4.96. The smallest absolute Gasteiger partial charge is 0.265 e. The molecular formula is C11H12BrN5OS. The number of halogens is 1. The van der Waals surface area contributed by atoms with Crippen LogP contribution in [0.3, 0.4) is 0 Å². The lowest BCUT2D eigenvalue weighted by molar-refractivity contribution is 0.0953. The van der Waals surface area contributed by atoms with Gasteiger partial charge in [0.1, 0.15) is 5.82 Å². The van der Waals surface area contributed by atoms with E-state index in [0.29, 0.717) is 16.5 Å². The van der Waals surface area contributed by atoms with Gasteiger partial charge in [0.05, 0.1) is 0 Å². The first kappa shape index (κ1) is 14.0. The van der Waals surface area contributed by atoms with Gasteiger partial charge in [0.15, 0.2) is 0 Å². The first-order valence-corrected chi connectivity index (χ1v) is 7.19. The Morgan fingerprint density at radius 2 is 2.37 bits per heavy atom. The molecule has 2 aromatic rings. The summed E-state index contributed by atoms with van der Waals surface area (Å²) in [6.45, 7) is 1.85. The fourth-order valence-corrected chi connectivity index (χ4v) is 2.97. The maximum Gasteiger partial charge on any atom is 0.265 e. The Bertz CT molecular complexity index is 601. The topological polar surface area (TPSA) is 96.7 Å². The zero-order valence-electron chi connectivity index (χ0n) is 10.1. The molecule has 0 fully saturated rings. The van der Waals surface area contributed by atoms with Gasteiger partial charge in [0.2, 0.25) is 5.16 Å². The number of H-pyrrole nitrogens is 1. The second kappa shape index (κ2) is 6.18. The van der Waals surface area contributed by atoms with Crippen LogP contribution in [0.1, 0.15) is 21.7 Å². The molecule has 1 aromatic carbocycles. The van der Waals surface area contributed by atoms with Crippen molar-refractivity contribution in [3.8, 4) is 0 Å². The van der Waals surface area contributed by atoms with Crippen LogP contribution in [0, 0.1) is 6.92 Å². The van der Waals surface area contributed by atoms with Crippen LogP contribution in [0.15, 0.2) is 27.8 Å². The molecule has 0 aliphatic rings. The van der Waals surface area contributed by atoms with Crippen molar-refractivity contribution in [3.05, 3.63) is 39.6 Å². The van der Waals surface area contributed by atoms with Crippen LogP contribution >= 0.6 is 27.7 Å². The summed E-state index contributed by atoms with van der Waals surface area (Å²) in [4.78, 5) is 15.6. The minimum absolute atomic E-state index is 0.315. The number of carbonyl (C=O) groups excluding carboxylic acids is 1. The van der Waals surface area contributed by atoms with Crippen molar-refractivity contribution in [2.75, 3.05) is 0 Å². The average Bonchev–Trinajstić information content (AvgIpc) is 2.82. The molecule has 0 radical (unpaired) electrons. The predicted molar refractivity (Wildman–Crippen MR) is 76.5 cm³/mol. The number of nitrogens with two attached hydrogens (primary N) is 1. The van der Waals surface area contributed by atoms with Gasteiger partial charge < -0.3 is 0 Å². The fourth-order valence-electron chi connectivity index (χ4n) is 1.42. The van der Waals surface area contributed by atoms with Gasteiger partial charge in [0.25, 0.3) is 5.91 Å². The summed E-state index contributed by atoms with van der Waals surface area (Å²) in [5, 5.41) is 7.54. The highest BCUT2D eigenvalue weighted by atomic mass is 79.9. The lowest BCUT2D eigenvalue weighted by Gasteiger charge is -2.05. The summed E-state index contributed by atoms with van der Waals surface area (Å²) in [6.07, 6.45) is 0. The number of carbonyl (C=O) groups is 1. The van der Waals surface area contributed by atoms with Crippen molar-refractivity contribution in [2.24, 2.45) is 5.84 Å². The number of nitrogens with one attached hydrogen (secondary N) is 2. The Balaban J connectivity index is 2.07. The zero-order chi connectivity index (χ0) is 13.8. The van der Waals surface area contributed by atoms with Gasteiger partial charge in [-0.2, -0.15) is 0 Å². The first-order chi connectivity index (χ1) is 9.10. The van der Waals surface area contributed by atoms with Gasteiger partial charge in [-0.1, -0.05) is 33.8 Å². The van der Waals surface area contributed by atoms with Crippen LogP contribution in [-0.4, -0.2) is 21.1 Å². The molecule has 1 amide bonds. The van der Waals surface area contributed by atoms with Gasteiger partial charge in [-0.15, -0.1) is 5.10 Å². The largest absolute Gasteiger partial charge is 0.290 e. The molecule has 1 heterocycles. The Hall–Kier alpha value is -1.38. The SMILES string of the molecule is Cc1nc(SCc2ccc(C(=O)NN)cc2Br)n[nH]1. The maximum atomic E-state index is 11.4. The molecule has 2 rings (SSSR count). The van der Waals surface area contributed by atoms with E-state index < -0.39 is 0 Å². The van der Waals surface area contributed by atoms with Crippen molar-refractivity contribution in [3.63, 3.8) is 0 Å². The first-order valence-electron chi connectivity index (χ1n) is 5.41. The third-order valence-corrected chi connectivity index (χ3v) is 4.01. The number of aromatic amines is 1. The minimum Gasteiger partial charge on any atom is -0.290 e. The van der Waals surface area contributed by atoms with E-state index in [1.807, 2.05) is 13.0 Å². The Morgan fingerprint density at radius 3 is 2.95 bits per heavy atom. The standard InChI is InChI=1S/C11H12BrN5OS/c1-6-14-11(17-16-6)19-5-8-3-2-7(4-9(8)12)10(18)15-13/h2-4H,5,13H2,1H3,(H,15,18)(H,14,16,17). The molecule has 19 heavy (non-hydrogen) atoms. The van der Waals surface area contributed by atoms with E-state index in [1.165, 1.54) is 11.8 Å². The molecule has 1 aromatic heterocycles. The summed E-state index contributed by atoms with van der Waals surface area (Å²) in [7, 11) is 0. The van der Waals surface area contributed by atoms with Gasteiger partial charge in [-0.05, 0) is 24.6 Å².